The van der Waals surface area contributed by atoms with Gasteiger partial charge in [0, 0.05) is 16.0 Å². The topological polar surface area (TPSA) is 52.3 Å². The number of ether oxygens (including phenoxy) is 1. The lowest BCUT2D eigenvalue weighted by Gasteiger charge is -2.09. The molecule has 1 rings (SSSR count). The molecule has 3 nitrogen and oxygen atoms in total. The number of carbonyl (C=O) groups is 1. The number of hydrogen-bond acceptors (Lipinski definition) is 4. The van der Waals surface area contributed by atoms with Crippen LogP contribution < -0.4 is 5.73 Å². The number of hydrogen-bond donors (Lipinski definition) is 1. The van der Waals surface area contributed by atoms with Crippen LogP contribution in [-0.2, 0) is 15.3 Å². The predicted octanol–water partition coefficient (Wildman–Crippen LogP) is 2.32. The molecule has 0 spiro atoms. The molecule has 17 heavy (non-hydrogen) atoms. The van der Waals surface area contributed by atoms with Gasteiger partial charge < -0.3 is 10.5 Å². The van der Waals surface area contributed by atoms with Gasteiger partial charge >= 0.3 is 5.97 Å². The van der Waals surface area contributed by atoms with Crippen LogP contribution in [0, 0.1) is 5.82 Å². The van der Waals surface area contributed by atoms with Crippen molar-refractivity contribution < 1.29 is 13.9 Å². The van der Waals surface area contributed by atoms with E-state index in [1.54, 1.807) is 6.07 Å². The van der Waals surface area contributed by atoms with Crippen molar-refractivity contribution in [2.45, 2.75) is 11.8 Å². The van der Waals surface area contributed by atoms with Gasteiger partial charge in [0.05, 0.1) is 7.11 Å². The first kappa shape index (κ1) is 14.5. The van der Waals surface area contributed by atoms with E-state index in [4.69, 9.17) is 5.73 Å². The molecule has 0 saturated heterocycles. The van der Waals surface area contributed by atoms with Gasteiger partial charge in [-0.05, 0) is 17.7 Å². The minimum Gasteiger partial charge on any atom is -0.468 e. The van der Waals surface area contributed by atoms with Crippen molar-refractivity contribution in [3.63, 3.8) is 0 Å². The zero-order chi connectivity index (χ0) is 12.8. The monoisotopic (exact) mass is 321 g/mol. The van der Waals surface area contributed by atoms with Crippen molar-refractivity contribution in [2.24, 2.45) is 5.73 Å². The highest BCUT2D eigenvalue weighted by Gasteiger charge is 2.13. The van der Waals surface area contributed by atoms with Crippen LogP contribution in [-0.4, -0.2) is 24.9 Å². The molecular formula is C11H13BrFNO2S. The van der Waals surface area contributed by atoms with E-state index in [1.165, 1.54) is 31.0 Å². The number of methoxy groups -OCH3 is 1. The first-order valence-electron chi connectivity index (χ1n) is 4.89. The Kier molecular flexibility index (Phi) is 5.94. The minimum atomic E-state index is -0.621. The Bertz CT molecular complexity index is 403. The van der Waals surface area contributed by atoms with E-state index >= 15 is 0 Å². The Hall–Kier alpha value is -0.590. The molecule has 0 bridgehead atoms. The highest BCUT2D eigenvalue weighted by Crippen LogP contribution is 2.22. The summed E-state index contributed by atoms with van der Waals surface area (Å²) in [5.41, 5.74) is 6.55. The molecule has 1 unspecified atom stereocenters. The zero-order valence-corrected chi connectivity index (χ0v) is 11.7. The number of carbonyl (C=O) groups excluding carboxylic acids is 1. The minimum absolute atomic E-state index is 0.281. The van der Waals surface area contributed by atoms with Crippen LogP contribution >= 0.6 is 27.7 Å². The van der Waals surface area contributed by atoms with Crippen molar-refractivity contribution >= 4 is 33.7 Å². The summed E-state index contributed by atoms with van der Waals surface area (Å²) in [6, 6.07) is 3.90. The largest absolute Gasteiger partial charge is 0.468 e. The molecule has 94 valence electrons. The van der Waals surface area contributed by atoms with E-state index in [0.717, 1.165) is 10.0 Å². The van der Waals surface area contributed by atoms with Crippen molar-refractivity contribution in [3.05, 3.63) is 34.1 Å². The highest BCUT2D eigenvalue weighted by molar-refractivity contribution is 9.10. The summed E-state index contributed by atoms with van der Waals surface area (Å²) in [6.07, 6.45) is 0. The summed E-state index contributed by atoms with van der Waals surface area (Å²) in [4.78, 5) is 11.0. The molecule has 0 aliphatic carbocycles. The van der Waals surface area contributed by atoms with E-state index in [0.29, 0.717) is 11.5 Å². The van der Waals surface area contributed by atoms with Crippen molar-refractivity contribution in [3.8, 4) is 0 Å². The van der Waals surface area contributed by atoms with Gasteiger partial charge in [-0.2, -0.15) is 11.8 Å². The number of benzene rings is 1. The third-order valence-electron chi connectivity index (χ3n) is 2.07. The smallest absolute Gasteiger partial charge is 0.323 e. The van der Waals surface area contributed by atoms with Gasteiger partial charge in [-0.3, -0.25) is 4.79 Å². The normalized spacial score (nSPS) is 12.2. The maximum Gasteiger partial charge on any atom is 0.323 e. The van der Waals surface area contributed by atoms with E-state index in [1.807, 2.05) is 0 Å². The van der Waals surface area contributed by atoms with Crippen LogP contribution in [0.25, 0.3) is 0 Å². The maximum atomic E-state index is 12.8. The fourth-order valence-corrected chi connectivity index (χ4v) is 2.81. The highest BCUT2D eigenvalue weighted by atomic mass is 79.9. The number of thioether (sulfide) groups is 1. The lowest BCUT2D eigenvalue weighted by Crippen LogP contribution is -2.33. The molecule has 0 aliphatic rings. The van der Waals surface area contributed by atoms with Crippen LogP contribution in [0.15, 0.2) is 22.7 Å². The number of nitrogens with two attached hydrogens (primary N) is 1. The van der Waals surface area contributed by atoms with E-state index in [-0.39, 0.29) is 5.82 Å². The summed E-state index contributed by atoms with van der Waals surface area (Å²) in [5, 5.41) is 0. The van der Waals surface area contributed by atoms with Crippen LogP contribution in [0.2, 0.25) is 0 Å². The zero-order valence-electron chi connectivity index (χ0n) is 9.28. The fraction of sp³-hybridized carbons (Fsp3) is 0.364. The Labute approximate surface area is 112 Å². The Morgan fingerprint density at radius 1 is 1.65 bits per heavy atom. The molecule has 0 heterocycles. The van der Waals surface area contributed by atoms with Crippen LogP contribution in [0.5, 0.6) is 0 Å². The summed E-state index contributed by atoms with van der Waals surface area (Å²) in [5.74, 6) is 0.426. The molecule has 0 aromatic heterocycles. The molecule has 0 fully saturated rings. The van der Waals surface area contributed by atoms with Crippen LogP contribution in [0.4, 0.5) is 4.39 Å². The second-order valence-corrected chi connectivity index (χ2v) is 5.27. The maximum absolute atomic E-state index is 12.8. The summed E-state index contributed by atoms with van der Waals surface area (Å²) >= 11 is 4.78. The molecule has 0 saturated carbocycles. The summed E-state index contributed by atoms with van der Waals surface area (Å²) in [7, 11) is 1.31. The lowest BCUT2D eigenvalue weighted by atomic mass is 10.2. The molecule has 2 N–H and O–H groups in total. The Balaban J connectivity index is 2.43. The van der Waals surface area contributed by atoms with Crippen LogP contribution in [0.1, 0.15) is 5.56 Å². The van der Waals surface area contributed by atoms with Crippen molar-refractivity contribution in [1.29, 1.82) is 0 Å². The first-order chi connectivity index (χ1) is 8.04. The SMILES string of the molecule is COC(=O)C(N)CSCc1ccc(F)cc1Br. The second kappa shape index (κ2) is 6.98. The molecule has 0 aliphatic heterocycles. The quantitative estimate of drug-likeness (QED) is 0.846. The molecule has 0 amide bonds. The number of halogens is 2. The molecule has 1 atom stereocenters. The molecule has 1 aromatic rings. The molecule has 6 heteroatoms. The van der Waals surface area contributed by atoms with E-state index < -0.39 is 12.0 Å². The average Bonchev–Trinajstić information content (AvgIpc) is 2.30. The standard InChI is InChI=1S/C11H13BrFNO2S/c1-16-11(15)10(14)6-17-5-7-2-3-8(13)4-9(7)12/h2-4,10H,5-6,14H2,1H3. The first-order valence-corrected chi connectivity index (χ1v) is 6.84. The molecule has 1 aromatic carbocycles. The van der Waals surface area contributed by atoms with E-state index in [2.05, 4.69) is 20.7 Å². The van der Waals surface area contributed by atoms with Gasteiger partial charge in [0.1, 0.15) is 11.9 Å². The number of rotatable bonds is 5. The van der Waals surface area contributed by atoms with Crippen molar-refractivity contribution in [2.75, 3.05) is 12.9 Å². The van der Waals surface area contributed by atoms with Gasteiger partial charge in [-0.25, -0.2) is 4.39 Å². The van der Waals surface area contributed by atoms with E-state index in [9.17, 15) is 9.18 Å². The average molecular weight is 322 g/mol. The van der Waals surface area contributed by atoms with Crippen LogP contribution in [0.3, 0.4) is 0 Å². The van der Waals surface area contributed by atoms with Gasteiger partial charge in [-0.15, -0.1) is 0 Å². The third-order valence-corrected chi connectivity index (χ3v) is 3.92. The lowest BCUT2D eigenvalue weighted by molar-refractivity contribution is -0.141. The predicted molar refractivity (Wildman–Crippen MR) is 70.3 cm³/mol. The van der Waals surface area contributed by atoms with Crippen molar-refractivity contribution in [1.82, 2.24) is 0 Å². The van der Waals surface area contributed by atoms with Gasteiger partial charge in [0.2, 0.25) is 0 Å². The van der Waals surface area contributed by atoms with Gasteiger partial charge in [0.25, 0.3) is 0 Å². The van der Waals surface area contributed by atoms with Gasteiger partial charge in [0.15, 0.2) is 0 Å². The third kappa shape index (κ3) is 4.65. The fourth-order valence-electron chi connectivity index (χ4n) is 1.15. The summed E-state index contributed by atoms with van der Waals surface area (Å²) in [6.45, 7) is 0. The molecular weight excluding hydrogens is 309 g/mol. The van der Waals surface area contributed by atoms with Gasteiger partial charge in [-0.1, -0.05) is 22.0 Å². The molecule has 0 radical (unpaired) electrons. The summed E-state index contributed by atoms with van der Waals surface area (Å²) < 4.78 is 18.1. The number of esters is 1. The Morgan fingerprint density at radius 2 is 2.35 bits per heavy atom. The Morgan fingerprint density at radius 3 is 2.94 bits per heavy atom. The second-order valence-electron chi connectivity index (χ2n) is 3.38.